The molecule has 1 aromatic heterocycles. The van der Waals surface area contributed by atoms with Crippen LogP contribution in [0, 0.1) is 0 Å². The van der Waals surface area contributed by atoms with Crippen molar-refractivity contribution in [2.75, 3.05) is 26.2 Å². The van der Waals surface area contributed by atoms with Gasteiger partial charge in [0.15, 0.2) is 0 Å². The van der Waals surface area contributed by atoms with Crippen LogP contribution in [0.25, 0.3) is 0 Å². The van der Waals surface area contributed by atoms with Crippen molar-refractivity contribution >= 4 is 5.91 Å². The van der Waals surface area contributed by atoms with Crippen LogP contribution in [-0.2, 0) is 6.18 Å². The molecule has 1 aliphatic rings. The summed E-state index contributed by atoms with van der Waals surface area (Å²) in [6.45, 7) is 2.20. The number of amides is 1. The van der Waals surface area contributed by atoms with E-state index in [1.807, 2.05) is 0 Å². The quantitative estimate of drug-likeness (QED) is 0.754. The molecular weight excluding hydrogens is 361 g/mol. The summed E-state index contributed by atoms with van der Waals surface area (Å²) in [5.74, 6) is -0.000127. The largest absolute Gasteiger partial charge is 0.492 e. The van der Waals surface area contributed by atoms with Crippen LogP contribution in [-0.4, -0.2) is 41.9 Å². The summed E-state index contributed by atoms with van der Waals surface area (Å²) in [5, 5.41) is 10.3. The van der Waals surface area contributed by atoms with Crippen LogP contribution in [0.3, 0.4) is 0 Å². The van der Waals surface area contributed by atoms with E-state index in [1.54, 1.807) is 16.9 Å². The lowest BCUT2D eigenvalue weighted by molar-refractivity contribution is -0.137. The number of aromatic nitrogens is 2. The lowest BCUT2D eigenvalue weighted by atomic mass is 10.1. The molecule has 6 nitrogen and oxygen atoms in total. The zero-order valence-electron chi connectivity index (χ0n) is 14.6. The zero-order chi connectivity index (χ0) is 19.3. The second-order valence-corrected chi connectivity index (χ2v) is 6.31. The number of nitrogens with one attached hydrogen (secondary N) is 2. The highest BCUT2D eigenvalue weighted by molar-refractivity contribution is 5.92. The molecule has 2 N–H and O–H groups in total. The minimum absolute atomic E-state index is 0.143. The van der Waals surface area contributed by atoms with Gasteiger partial charge in [-0.05, 0) is 49.7 Å². The highest BCUT2D eigenvalue weighted by atomic mass is 19.4. The number of ether oxygens (including phenoxy) is 1. The van der Waals surface area contributed by atoms with Crippen LogP contribution >= 0.6 is 0 Å². The SMILES string of the molecule is O=C(NCCOc1ccc(C(F)(F)F)cc1)c1ccn(C2CCCNC2)n1. The van der Waals surface area contributed by atoms with Gasteiger partial charge in [-0.3, -0.25) is 9.48 Å². The first-order valence-electron chi connectivity index (χ1n) is 8.77. The molecule has 2 aromatic rings. The van der Waals surface area contributed by atoms with Gasteiger partial charge in [0.1, 0.15) is 18.1 Å². The first kappa shape index (κ1) is 19.2. The molecule has 1 aromatic carbocycles. The summed E-state index contributed by atoms with van der Waals surface area (Å²) in [7, 11) is 0. The van der Waals surface area contributed by atoms with Crippen LogP contribution in [0.5, 0.6) is 5.75 Å². The maximum atomic E-state index is 12.5. The summed E-state index contributed by atoms with van der Waals surface area (Å²) >= 11 is 0. The average molecular weight is 382 g/mol. The minimum Gasteiger partial charge on any atom is -0.492 e. The number of carbonyl (C=O) groups excluding carboxylic acids is 1. The van der Waals surface area contributed by atoms with E-state index in [0.29, 0.717) is 11.4 Å². The molecule has 27 heavy (non-hydrogen) atoms. The van der Waals surface area contributed by atoms with Gasteiger partial charge in [0.25, 0.3) is 5.91 Å². The number of hydrogen-bond donors (Lipinski definition) is 2. The third-order valence-corrected chi connectivity index (χ3v) is 4.32. The van der Waals surface area contributed by atoms with Crippen molar-refractivity contribution in [1.29, 1.82) is 0 Å². The summed E-state index contributed by atoms with van der Waals surface area (Å²) in [6.07, 6.45) is -0.473. The van der Waals surface area contributed by atoms with Gasteiger partial charge in [0.2, 0.25) is 0 Å². The monoisotopic (exact) mass is 382 g/mol. The van der Waals surface area contributed by atoms with Crippen LogP contribution in [0.2, 0.25) is 0 Å². The van der Waals surface area contributed by atoms with E-state index in [4.69, 9.17) is 4.74 Å². The van der Waals surface area contributed by atoms with Crippen molar-refractivity contribution < 1.29 is 22.7 Å². The second-order valence-electron chi connectivity index (χ2n) is 6.31. The zero-order valence-corrected chi connectivity index (χ0v) is 14.6. The Bertz CT molecular complexity index is 753. The molecule has 0 bridgehead atoms. The Morgan fingerprint density at radius 2 is 2.07 bits per heavy atom. The fraction of sp³-hybridized carbons (Fsp3) is 0.444. The number of rotatable bonds is 6. The second kappa shape index (κ2) is 8.43. The molecule has 0 saturated carbocycles. The highest BCUT2D eigenvalue weighted by Crippen LogP contribution is 2.30. The maximum Gasteiger partial charge on any atom is 0.416 e. The van der Waals surface area contributed by atoms with Gasteiger partial charge < -0.3 is 15.4 Å². The third-order valence-electron chi connectivity index (χ3n) is 4.32. The van der Waals surface area contributed by atoms with Gasteiger partial charge in [0, 0.05) is 12.7 Å². The average Bonchev–Trinajstić information content (AvgIpc) is 3.16. The fourth-order valence-corrected chi connectivity index (χ4v) is 2.89. The van der Waals surface area contributed by atoms with E-state index in [2.05, 4.69) is 15.7 Å². The Kier molecular flexibility index (Phi) is 6.00. The van der Waals surface area contributed by atoms with Crippen molar-refractivity contribution in [2.45, 2.75) is 25.1 Å². The Morgan fingerprint density at radius 3 is 2.74 bits per heavy atom. The van der Waals surface area contributed by atoms with Gasteiger partial charge in [0.05, 0.1) is 18.2 Å². The smallest absolute Gasteiger partial charge is 0.416 e. The van der Waals surface area contributed by atoms with Crippen molar-refractivity contribution in [3.8, 4) is 5.75 Å². The molecule has 0 aliphatic carbocycles. The van der Waals surface area contributed by atoms with Crippen molar-refractivity contribution in [1.82, 2.24) is 20.4 Å². The van der Waals surface area contributed by atoms with Gasteiger partial charge >= 0.3 is 6.18 Å². The molecule has 1 amide bonds. The van der Waals surface area contributed by atoms with Crippen LogP contribution in [0.1, 0.15) is 34.9 Å². The molecule has 9 heteroatoms. The van der Waals surface area contributed by atoms with E-state index < -0.39 is 11.7 Å². The normalized spacial score (nSPS) is 17.5. The summed E-state index contributed by atoms with van der Waals surface area (Å²) in [5.41, 5.74) is -0.401. The van der Waals surface area contributed by atoms with Crippen LogP contribution < -0.4 is 15.4 Å². The molecule has 146 valence electrons. The summed E-state index contributed by atoms with van der Waals surface area (Å²) in [6, 6.07) is 6.35. The van der Waals surface area contributed by atoms with Gasteiger partial charge in [-0.1, -0.05) is 0 Å². The molecule has 1 unspecified atom stereocenters. The van der Waals surface area contributed by atoms with E-state index >= 15 is 0 Å². The van der Waals surface area contributed by atoms with Crippen molar-refractivity contribution in [3.05, 3.63) is 47.8 Å². The van der Waals surface area contributed by atoms with E-state index in [0.717, 1.165) is 38.1 Å². The van der Waals surface area contributed by atoms with Crippen molar-refractivity contribution in [3.63, 3.8) is 0 Å². The molecule has 0 spiro atoms. The predicted octanol–water partition coefficient (Wildman–Crippen LogP) is 2.64. The fourth-order valence-electron chi connectivity index (χ4n) is 2.89. The van der Waals surface area contributed by atoms with Gasteiger partial charge in [-0.15, -0.1) is 0 Å². The standard InChI is InChI=1S/C18H21F3N4O2/c19-18(20,21)13-3-5-15(6-4-13)27-11-9-23-17(26)16-7-10-25(24-16)14-2-1-8-22-12-14/h3-7,10,14,22H,1-2,8-9,11-12H2,(H,23,26). The molecule has 1 atom stereocenters. The number of alkyl halides is 3. The van der Waals surface area contributed by atoms with Crippen molar-refractivity contribution in [2.24, 2.45) is 0 Å². The van der Waals surface area contributed by atoms with Crippen LogP contribution in [0.4, 0.5) is 13.2 Å². The number of piperidine rings is 1. The van der Waals surface area contributed by atoms with E-state index in [-0.39, 0.29) is 25.1 Å². The predicted molar refractivity (Wildman–Crippen MR) is 92.6 cm³/mol. The molecule has 1 fully saturated rings. The first-order chi connectivity index (χ1) is 12.9. The lowest BCUT2D eigenvalue weighted by Gasteiger charge is -2.22. The third kappa shape index (κ3) is 5.22. The Hall–Kier alpha value is -2.55. The summed E-state index contributed by atoms with van der Waals surface area (Å²) < 4.78 is 44.6. The van der Waals surface area contributed by atoms with Gasteiger partial charge in [-0.2, -0.15) is 18.3 Å². The molecule has 0 radical (unpaired) electrons. The Labute approximate surface area is 154 Å². The number of nitrogens with zero attached hydrogens (tertiary/aromatic N) is 2. The minimum atomic E-state index is -4.37. The van der Waals surface area contributed by atoms with Crippen LogP contribution in [0.15, 0.2) is 36.5 Å². The first-order valence-corrected chi connectivity index (χ1v) is 8.77. The number of benzene rings is 1. The molecule has 3 rings (SSSR count). The maximum absolute atomic E-state index is 12.5. The van der Waals surface area contributed by atoms with E-state index in [1.165, 1.54) is 12.1 Å². The summed E-state index contributed by atoms with van der Waals surface area (Å²) in [4.78, 5) is 12.1. The molecule has 2 heterocycles. The number of hydrogen-bond acceptors (Lipinski definition) is 4. The van der Waals surface area contributed by atoms with E-state index in [9.17, 15) is 18.0 Å². The number of carbonyl (C=O) groups is 1. The molecular formula is C18H21F3N4O2. The Balaban J connectivity index is 1.42. The highest BCUT2D eigenvalue weighted by Gasteiger charge is 2.30. The number of halogens is 3. The van der Waals surface area contributed by atoms with Gasteiger partial charge in [-0.25, -0.2) is 0 Å². The Morgan fingerprint density at radius 1 is 1.30 bits per heavy atom. The lowest BCUT2D eigenvalue weighted by Crippen LogP contribution is -2.32. The molecule has 1 saturated heterocycles. The topological polar surface area (TPSA) is 68.2 Å². The molecule has 1 aliphatic heterocycles.